The summed E-state index contributed by atoms with van der Waals surface area (Å²) >= 11 is 3.62. The molecule has 2 aromatic heterocycles. The van der Waals surface area contributed by atoms with E-state index in [0.717, 1.165) is 5.56 Å². The lowest BCUT2D eigenvalue weighted by atomic mass is 9.45. The first-order valence-corrected chi connectivity index (χ1v) is 19.4. The minimum Gasteiger partial charge on any atom is -0.375 e. The van der Waals surface area contributed by atoms with Gasteiger partial charge in [0.25, 0.3) is 0 Å². The van der Waals surface area contributed by atoms with E-state index in [-0.39, 0.29) is 6.85 Å². The molecular formula is C44H28BN3S2. The monoisotopic (exact) mass is 673 g/mol. The van der Waals surface area contributed by atoms with Crippen LogP contribution in [-0.2, 0) is 0 Å². The number of fused-ring (bicyclic) bond motifs is 12. The molecule has 11 rings (SSSR count). The number of nitriles is 1. The molecule has 2 aliphatic heterocycles. The molecular weight excluding hydrogens is 645 g/mol. The summed E-state index contributed by atoms with van der Waals surface area (Å²) in [5, 5.41) is 17.4. The third-order valence-corrected chi connectivity index (χ3v) is 12.7. The zero-order chi connectivity index (χ0) is 33.4. The standard InChI is InChI=1S/C44H28BN3S2/c1-24-33(27-13-11-25(23-46)12-14-27)22-39-42-40(24)31-9-6-10-32-41-30-8-5-4-7-26(30)15-17-38(41)48(43(31)32)45(42)36-21-29(50-3)20-35-34-19-28(49-2)16-18-37(34)47(39)44(35)36/h4-22H,1-3H3. The van der Waals surface area contributed by atoms with E-state index in [9.17, 15) is 5.26 Å². The highest BCUT2D eigenvalue weighted by atomic mass is 32.2. The first-order chi connectivity index (χ1) is 24.6. The number of benzene rings is 7. The number of aromatic nitrogens is 2. The lowest BCUT2D eigenvalue weighted by Gasteiger charge is -2.36. The molecule has 2 aliphatic rings. The van der Waals surface area contributed by atoms with E-state index < -0.39 is 0 Å². The Morgan fingerprint density at radius 3 is 2.26 bits per heavy atom. The first-order valence-electron chi connectivity index (χ1n) is 16.9. The van der Waals surface area contributed by atoms with Crippen molar-refractivity contribution in [3.8, 4) is 34.0 Å². The molecule has 234 valence electrons. The Hall–Kier alpha value is -5.35. The molecule has 6 heteroatoms. The molecule has 0 unspecified atom stereocenters. The molecule has 4 heterocycles. The van der Waals surface area contributed by atoms with Crippen LogP contribution < -0.4 is 10.9 Å². The minimum absolute atomic E-state index is 0.00351. The number of para-hydroxylation sites is 1. The van der Waals surface area contributed by atoms with Crippen molar-refractivity contribution in [3.05, 3.63) is 126 Å². The molecule has 0 spiro atoms. The second kappa shape index (κ2) is 10.1. The number of hydrogen-bond donors (Lipinski definition) is 0. The predicted octanol–water partition coefficient (Wildman–Crippen LogP) is 10.3. The Bertz CT molecular complexity index is 3030. The zero-order valence-electron chi connectivity index (χ0n) is 27.7. The number of thioether (sulfide) groups is 2. The third kappa shape index (κ3) is 3.49. The summed E-state index contributed by atoms with van der Waals surface area (Å²) in [6.45, 7) is 2.30. The fraction of sp³-hybridized carbons (Fsp3) is 0.0682. The van der Waals surface area contributed by atoms with Crippen molar-refractivity contribution in [2.24, 2.45) is 0 Å². The molecule has 0 aliphatic carbocycles. The fourth-order valence-electron chi connectivity index (χ4n) is 9.22. The van der Waals surface area contributed by atoms with E-state index in [1.54, 1.807) is 11.8 Å². The van der Waals surface area contributed by atoms with Crippen LogP contribution in [0.3, 0.4) is 0 Å². The van der Waals surface area contributed by atoms with Crippen molar-refractivity contribution in [1.29, 1.82) is 5.26 Å². The Balaban J connectivity index is 1.39. The van der Waals surface area contributed by atoms with Crippen LogP contribution >= 0.6 is 23.5 Å². The van der Waals surface area contributed by atoms with Gasteiger partial charge in [-0.2, -0.15) is 5.26 Å². The molecule has 0 amide bonds. The second-order valence-corrected chi connectivity index (χ2v) is 15.3. The van der Waals surface area contributed by atoms with Crippen LogP contribution in [0.2, 0.25) is 0 Å². The topological polar surface area (TPSA) is 33.6 Å². The molecule has 0 N–H and O–H groups in total. The number of hydrogen-bond acceptors (Lipinski definition) is 3. The van der Waals surface area contributed by atoms with Crippen LogP contribution in [0.4, 0.5) is 0 Å². The summed E-state index contributed by atoms with van der Waals surface area (Å²) in [4.78, 5) is 2.56. The van der Waals surface area contributed by atoms with Crippen LogP contribution in [0.1, 0.15) is 11.1 Å². The van der Waals surface area contributed by atoms with Crippen molar-refractivity contribution in [2.75, 3.05) is 12.5 Å². The van der Waals surface area contributed by atoms with E-state index in [4.69, 9.17) is 0 Å². The SMILES string of the molecule is CSc1ccc2c(c1)c1cc(SC)cc3c1n2-c1cc(-c2ccc(C#N)cc2)c(C)c2c1B3n1c3ccc4ccccc4c3c3cccc-2c31. The zero-order valence-corrected chi connectivity index (χ0v) is 29.3. The molecule has 0 fully saturated rings. The molecule has 3 nitrogen and oxygen atoms in total. The van der Waals surface area contributed by atoms with Gasteiger partial charge in [0.1, 0.15) is 0 Å². The Morgan fingerprint density at radius 2 is 1.44 bits per heavy atom. The Labute approximate surface area is 298 Å². The van der Waals surface area contributed by atoms with Gasteiger partial charge in [0.2, 0.25) is 0 Å². The van der Waals surface area contributed by atoms with Gasteiger partial charge >= 0.3 is 6.85 Å². The highest BCUT2D eigenvalue weighted by molar-refractivity contribution is 7.98. The average Bonchev–Trinajstić information content (AvgIpc) is 3.68. The maximum Gasteiger partial charge on any atom is 0.333 e. The average molecular weight is 674 g/mol. The second-order valence-electron chi connectivity index (χ2n) is 13.5. The van der Waals surface area contributed by atoms with Crippen LogP contribution in [0.25, 0.3) is 82.3 Å². The summed E-state index contributed by atoms with van der Waals surface area (Å²) in [6, 6.07) is 45.1. The lowest BCUT2D eigenvalue weighted by Crippen LogP contribution is -2.55. The van der Waals surface area contributed by atoms with Gasteiger partial charge in [-0.05, 0) is 118 Å². The highest BCUT2D eigenvalue weighted by Crippen LogP contribution is 2.47. The number of nitrogens with zero attached hydrogens (tertiary/aromatic N) is 3. The van der Waals surface area contributed by atoms with E-state index in [2.05, 4.69) is 138 Å². The van der Waals surface area contributed by atoms with Crippen LogP contribution in [0.15, 0.2) is 125 Å². The van der Waals surface area contributed by atoms with E-state index >= 15 is 0 Å². The Morgan fingerprint density at radius 1 is 0.660 bits per heavy atom. The van der Waals surface area contributed by atoms with Crippen LogP contribution in [0.5, 0.6) is 0 Å². The van der Waals surface area contributed by atoms with E-state index in [0.29, 0.717) is 5.56 Å². The fourth-order valence-corrected chi connectivity index (χ4v) is 10.1. The summed E-state index contributed by atoms with van der Waals surface area (Å²) < 4.78 is 5.23. The Kier molecular flexibility index (Phi) is 5.76. The molecule has 0 atom stereocenters. The molecule has 0 radical (unpaired) electrons. The number of rotatable bonds is 3. The van der Waals surface area contributed by atoms with Gasteiger partial charge in [-0.3, -0.25) is 0 Å². The summed E-state index contributed by atoms with van der Waals surface area (Å²) in [6.07, 6.45) is 4.36. The van der Waals surface area contributed by atoms with Crippen molar-refractivity contribution < 1.29 is 0 Å². The van der Waals surface area contributed by atoms with Gasteiger partial charge in [0, 0.05) is 53.6 Å². The van der Waals surface area contributed by atoms with Crippen molar-refractivity contribution in [2.45, 2.75) is 16.7 Å². The van der Waals surface area contributed by atoms with Gasteiger partial charge in [0.05, 0.1) is 22.7 Å². The summed E-state index contributed by atoms with van der Waals surface area (Å²) in [5.41, 5.74) is 16.0. The quantitative estimate of drug-likeness (QED) is 0.138. The summed E-state index contributed by atoms with van der Waals surface area (Å²) in [7, 11) is 0. The molecule has 7 aromatic carbocycles. The van der Waals surface area contributed by atoms with Gasteiger partial charge < -0.3 is 9.05 Å². The van der Waals surface area contributed by atoms with Crippen molar-refractivity contribution in [3.63, 3.8) is 0 Å². The maximum absolute atomic E-state index is 9.61. The highest BCUT2D eigenvalue weighted by Gasteiger charge is 2.43. The van der Waals surface area contributed by atoms with Gasteiger partial charge in [-0.1, -0.05) is 60.7 Å². The third-order valence-electron chi connectivity index (χ3n) is 11.3. The first kappa shape index (κ1) is 28.5. The van der Waals surface area contributed by atoms with Crippen molar-refractivity contribution in [1.82, 2.24) is 9.05 Å². The van der Waals surface area contributed by atoms with Crippen LogP contribution in [0, 0.1) is 18.3 Å². The minimum atomic E-state index is -0.00351. The smallest absolute Gasteiger partial charge is 0.333 e. The van der Waals surface area contributed by atoms with Gasteiger partial charge in [-0.15, -0.1) is 23.5 Å². The molecule has 9 aromatic rings. The van der Waals surface area contributed by atoms with Crippen LogP contribution in [-0.4, -0.2) is 28.4 Å². The molecule has 0 saturated heterocycles. The van der Waals surface area contributed by atoms with E-state index in [1.807, 2.05) is 23.9 Å². The molecule has 0 saturated carbocycles. The molecule has 0 bridgehead atoms. The van der Waals surface area contributed by atoms with E-state index in [1.165, 1.54) is 103 Å². The summed E-state index contributed by atoms with van der Waals surface area (Å²) in [5.74, 6) is 0. The van der Waals surface area contributed by atoms with Gasteiger partial charge in [-0.25, -0.2) is 0 Å². The molecule has 50 heavy (non-hydrogen) atoms. The predicted molar refractivity (Wildman–Crippen MR) is 216 cm³/mol. The normalized spacial score (nSPS) is 12.8. The largest absolute Gasteiger partial charge is 0.375 e. The lowest BCUT2D eigenvalue weighted by molar-refractivity contribution is 1.17. The van der Waals surface area contributed by atoms with Gasteiger partial charge in [0.15, 0.2) is 0 Å². The van der Waals surface area contributed by atoms with Crippen molar-refractivity contribution >= 4 is 95.7 Å². The maximum atomic E-state index is 9.61.